The van der Waals surface area contributed by atoms with E-state index in [1.165, 1.54) is 6.07 Å². The average molecular weight is 274 g/mol. The summed E-state index contributed by atoms with van der Waals surface area (Å²) in [7, 11) is 0. The van der Waals surface area contributed by atoms with Crippen molar-refractivity contribution >= 4 is 17.6 Å². The first-order valence-corrected chi connectivity index (χ1v) is 5.67. The standard InChI is InChI=1S/C12H10ClF2NO2/c1-2-18-12(17)10-8(11(14)15)4-3-7(6-16)9(10)5-13/h3-4,11H,2,5H2,1H3. The van der Waals surface area contributed by atoms with Crippen molar-refractivity contribution in [2.24, 2.45) is 0 Å². The van der Waals surface area contributed by atoms with Crippen LogP contribution in [0.25, 0.3) is 0 Å². The van der Waals surface area contributed by atoms with Crippen LogP contribution in [0.15, 0.2) is 12.1 Å². The highest BCUT2D eigenvalue weighted by Crippen LogP contribution is 2.29. The summed E-state index contributed by atoms with van der Waals surface area (Å²) < 4.78 is 30.4. The van der Waals surface area contributed by atoms with Crippen molar-refractivity contribution in [1.29, 1.82) is 5.26 Å². The molecule has 3 nitrogen and oxygen atoms in total. The highest BCUT2D eigenvalue weighted by Gasteiger charge is 2.24. The Kier molecular flexibility index (Phi) is 5.05. The fourth-order valence-electron chi connectivity index (χ4n) is 1.54. The zero-order valence-electron chi connectivity index (χ0n) is 9.54. The smallest absolute Gasteiger partial charge is 0.338 e. The van der Waals surface area contributed by atoms with E-state index in [0.29, 0.717) is 0 Å². The molecular weight excluding hydrogens is 264 g/mol. The number of nitriles is 1. The second-order valence-corrected chi connectivity index (χ2v) is 3.59. The second-order valence-electron chi connectivity index (χ2n) is 3.32. The molecule has 0 saturated carbocycles. The quantitative estimate of drug-likeness (QED) is 0.624. The van der Waals surface area contributed by atoms with Gasteiger partial charge in [0, 0.05) is 11.4 Å². The number of hydrogen-bond acceptors (Lipinski definition) is 3. The first-order chi connectivity index (χ1) is 8.56. The van der Waals surface area contributed by atoms with Gasteiger partial charge in [-0.1, -0.05) is 6.07 Å². The summed E-state index contributed by atoms with van der Waals surface area (Å²) in [6.07, 6.45) is -2.83. The predicted octanol–water partition coefficient (Wildman–Crippen LogP) is 3.41. The van der Waals surface area contributed by atoms with Gasteiger partial charge in [-0.25, -0.2) is 13.6 Å². The van der Waals surface area contributed by atoms with Crippen molar-refractivity contribution < 1.29 is 18.3 Å². The first kappa shape index (κ1) is 14.4. The third kappa shape index (κ3) is 2.77. The van der Waals surface area contributed by atoms with Crippen LogP contribution >= 0.6 is 11.6 Å². The van der Waals surface area contributed by atoms with Crippen molar-refractivity contribution in [3.63, 3.8) is 0 Å². The van der Waals surface area contributed by atoms with Crippen molar-refractivity contribution in [3.8, 4) is 6.07 Å². The maximum absolute atomic E-state index is 12.8. The van der Waals surface area contributed by atoms with E-state index in [-0.39, 0.29) is 29.2 Å². The Labute approximate surface area is 108 Å². The molecule has 18 heavy (non-hydrogen) atoms. The Morgan fingerprint density at radius 1 is 1.56 bits per heavy atom. The van der Waals surface area contributed by atoms with E-state index in [4.69, 9.17) is 21.6 Å². The van der Waals surface area contributed by atoms with E-state index in [2.05, 4.69) is 0 Å². The minimum atomic E-state index is -2.83. The van der Waals surface area contributed by atoms with Crippen LogP contribution in [0, 0.1) is 11.3 Å². The molecule has 0 radical (unpaired) electrons. The molecule has 0 unspecified atom stereocenters. The zero-order chi connectivity index (χ0) is 13.7. The molecule has 0 N–H and O–H groups in total. The molecule has 0 aliphatic heterocycles. The number of hydrogen-bond donors (Lipinski definition) is 0. The highest BCUT2D eigenvalue weighted by atomic mass is 35.5. The molecule has 0 saturated heterocycles. The summed E-state index contributed by atoms with van der Waals surface area (Å²) in [5, 5.41) is 8.87. The van der Waals surface area contributed by atoms with Gasteiger partial charge in [0.25, 0.3) is 6.43 Å². The lowest BCUT2D eigenvalue weighted by Gasteiger charge is -2.13. The summed E-state index contributed by atoms with van der Waals surface area (Å²) in [5.41, 5.74) is -0.600. The molecule has 1 rings (SSSR count). The summed E-state index contributed by atoms with van der Waals surface area (Å²) in [4.78, 5) is 11.7. The lowest BCUT2D eigenvalue weighted by molar-refractivity contribution is 0.0514. The summed E-state index contributed by atoms with van der Waals surface area (Å²) in [6.45, 7) is 1.62. The van der Waals surface area contributed by atoms with Crippen molar-refractivity contribution in [1.82, 2.24) is 0 Å². The normalized spacial score (nSPS) is 10.2. The number of esters is 1. The third-order valence-corrected chi connectivity index (χ3v) is 2.58. The van der Waals surface area contributed by atoms with Gasteiger partial charge < -0.3 is 4.74 Å². The van der Waals surface area contributed by atoms with E-state index in [0.717, 1.165) is 6.07 Å². The van der Waals surface area contributed by atoms with E-state index in [9.17, 15) is 13.6 Å². The monoisotopic (exact) mass is 273 g/mol. The average Bonchev–Trinajstić information content (AvgIpc) is 2.36. The molecule has 0 amide bonds. The number of halogens is 3. The summed E-state index contributed by atoms with van der Waals surface area (Å²) in [5.74, 6) is -1.10. The van der Waals surface area contributed by atoms with Gasteiger partial charge in [-0.2, -0.15) is 5.26 Å². The summed E-state index contributed by atoms with van der Waals surface area (Å²) in [6, 6.07) is 4.08. The molecule has 0 aromatic heterocycles. The molecule has 0 atom stereocenters. The Morgan fingerprint density at radius 2 is 2.22 bits per heavy atom. The molecule has 0 fully saturated rings. The molecule has 0 spiro atoms. The van der Waals surface area contributed by atoms with Crippen molar-refractivity contribution in [2.45, 2.75) is 19.2 Å². The first-order valence-electron chi connectivity index (χ1n) is 5.13. The minimum absolute atomic E-state index is 0.0556. The van der Waals surface area contributed by atoms with Crippen LogP contribution in [0.5, 0.6) is 0 Å². The Bertz CT molecular complexity index is 498. The Balaban J connectivity index is 3.49. The van der Waals surface area contributed by atoms with Gasteiger partial charge in [-0.3, -0.25) is 0 Å². The second kappa shape index (κ2) is 6.31. The topological polar surface area (TPSA) is 50.1 Å². The van der Waals surface area contributed by atoms with Crippen molar-refractivity contribution in [3.05, 3.63) is 34.4 Å². The Hall–Kier alpha value is -1.67. The van der Waals surface area contributed by atoms with Crippen LogP contribution in [0.1, 0.15) is 40.4 Å². The molecule has 1 aromatic rings. The molecule has 6 heteroatoms. The predicted molar refractivity (Wildman–Crippen MR) is 61.6 cm³/mol. The molecule has 0 aliphatic rings. The van der Waals surface area contributed by atoms with Crippen LogP contribution in [-0.2, 0) is 10.6 Å². The van der Waals surface area contributed by atoms with Crippen LogP contribution in [-0.4, -0.2) is 12.6 Å². The summed E-state index contributed by atoms with van der Waals surface area (Å²) >= 11 is 5.63. The van der Waals surface area contributed by atoms with Gasteiger partial charge in [0.2, 0.25) is 0 Å². The lowest BCUT2D eigenvalue weighted by Crippen LogP contribution is -2.13. The Morgan fingerprint density at radius 3 is 2.67 bits per heavy atom. The maximum Gasteiger partial charge on any atom is 0.338 e. The van der Waals surface area contributed by atoms with Gasteiger partial charge in [0.15, 0.2) is 0 Å². The van der Waals surface area contributed by atoms with Gasteiger partial charge in [-0.05, 0) is 18.6 Å². The number of rotatable bonds is 4. The lowest BCUT2D eigenvalue weighted by atomic mass is 9.97. The largest absolute Gasteiger partial charge is 0.462 e. The van der Waals surface area contributed by atoms with E-state index >= 15 is 0 Å². The number of carbonyl (C=O) groups is 1. The third-order valence-electron chi connectivity index (χ3n) is 2.31. The van der Waals surface area contributed by atoms with E-state index in [1.807, 2.05) is 6.07 Å². The highest BCUT2D eigenvalue weighted by molar-refractivity contribution is 6.18. The van der Waals surface area contributed by atoms with Crippen LogP contribution in [0.3, 0.4) is 0 Å². The van der Waals surface area contributed by atoms with Crippen molar-refractivity contribution in [2.75, 3.05) is 6.61 Å². The number of alkyl halides is 3. The molecule has 0 aliphatic carbocycles. The fraction of sp³-hybridized carbons (Fsp3) is 0.333. The van der Waals surface area contributed by atoms with E-state index in [1.54, 1.807) is 6.92 Å². The van der Waals surface area contributed by atoms with Crippen LogP contribution in [0.4, 0.5) is 8.78 Å². The van der Waals surface area contributed by atoms with Crippen LogP contribution in [0.2, 0.25) is 0 Å². The number of carbonyl (C=O) groups excluding carboxylic acids is 1. The SMILES string of the molecule is CCOC(=O)c1c(C(F)F)ccc(C#N)c1CCl. The fourth-order valence-corrected chi connectivity index (χ4v) is 1.81. The molecule has 0 bridgehead atoms. The molecule has 1 aromatic carbocycles. The molecular formula is C12H10ClF2NO2. The number of ether oxygens (including phenoxy) is 1. The van der Waals surface area contributed by atoms with Gasteiger partial charge in [-0.15, -0.1) is 11.6 Å². The van der Waals surface area contributed by atoms with Gasteiger partial charge in [0.1, 0.15) is 0 Å². The minimum Gasteiger partial charge on any atom is -0.462 e. The van der Waals surface area contributed by atoms with E-state index < -0.39 is 18.0 Å². The maximum atomic E-state index is 12.8. The molecule has 96 valence electrons. The van der Waals surface area contributed by atoms with Gasteiger partial charge >= 0.3 is 5.97 Å². The number of benzene rings is 1. The van der Waals surface area contributed by atoms with Gasteiger partial charge in [0.05, 0.1) is 23.8 Å². The zero-order valence-corrected chi connectivity index (χ0v) is 10.3. The molecule has 0 heterocycles. The number of nitrogens with zero attached hydrogens (tertiary/aromatic N) is 1. The van der Waals surface area contributed by atoms with Crippen LogP contribution < -0.4 is 0 Å².